The molecule has 4 aromatic rings. The van der Waals surface area contributed by atoms with Crippen LogP contribution in [0.3, 0.4) is 0 Å². The van der Waals surface area contributed by atoms with E-state index in [9.17, 15) is 23.1 Å². The molecule has 0 atom stereocenters. The van der Waals surface area contributed by atoms with Crippen LogP contribution in [0.4, 0.5) is 4.79 Å². The summed E-state index contributed by atoms with van der Waals surface area (Å²) in [4.78, 5) is 23.8. The first kappa shape index (κ1) is 35.2. The number of nitrogens with zero attached hydrogens (tertiary/aromatic N) is 1. The van der Waals surface area contributed by atoms with E-state index in [1.165, 1.54) is 0 Å². The highest BCUT2D eigenvalue weighted by molar-refractivity contribution is 7.88. The van der Waals surface area contributed by atoms with Gasteiger partial charge in [0, 0.05) is 34.2 Å². The maximum atomic E-state index is 12.6. The highest BCUT2D eigenvalue weighted by Crippen LogP contribution is 2.33. The number of hydrogen-bond donors (Lipinski definition) is 3. The van der Waals surface area contributed by atoms with Gasteiger partial charge in [-0.1, -0.05) is 30.3 Å². The third-order valence-electron chi connectivity index (χ3n) is 6.60. The molecule has 0 radical (unpaired) electrons. The van der Waals surface area contributed by atoms with Crippen molar-refractivity contribution in [2.45, 2.75) is 79.2 Å². The Balaban J connectivity index is 1.62. The topological polar surface area (TPSA) is 157 Å². The second kappa shape index (κ2) is 14.0. The Bertz CT molecular complexity index is 1910. The molecule has 0 aliphatic carbocycles. The van der Waals surface area contributed by atoms with Crippen molar-refractivity contribution >= 4 is 39.0 Å². The van der Waals surface area contributed by atoms with Gasteiger partial charge in [0.2, 0.25) is 0 Å². The van der Waals surface area contributed by atoms with Gasteiger partial charge in [0.05, 0.1) is 18.4 Å². The first-order chi connectivity index (χ1) is 21.9. The summed E-state index contributed by atoms with van der Waals surface area (Å²) < 4.78 is 48.9. The summed E-state index contributed by atoms with van der Waals surface area (Å²) in [6.07, 6.45) is 0.809. The summed E-state index contributed by atoms with van der Waals surface area (Å²) in [5.74, 6) is -0.738. The molecular formula is C35H41N3O8S. The van der Waals surface area contributed by atoms with Crippen LogP contribution in [-0.2, 0) is 39.3 Å². The fourth-order valence-corrected chi connectivity index (χ4v) is 6.09. The van der Waals surface area contributed by atoms with Crippen LogP contribution in [-0.4, -0.2) is 42.4 Å². The van der Waals surface area contributed by atoms with Gasteiger partial charge >= 0.3 is 22.3 Å². The molecular weight excluding hydrogens is 622 g/mol. The largest absolute Gasteiger partial charge is 0.489 e. The Morgan fingerprint density at radius 3 is 2.38 bits per heavy atom. The summed E-state index contributed by atoms with van der Waals surface area (Å²) >= 11 is 0. The molecule has 250 valence electrons. The molecule has 12 heteroatoms. The number of nitrogens with one attached hydrogen (secondary N) is 2. The highest BCUT2D eigenvalue weighted by atomic mass is 32.2. The van der Waals surface area contributed by atoms with Crippen LogP contribution < -0.4 is 14.8 Å². The van der Waals surface area contributed by atoms with Gasteiger partial charge in [0.1, 0.15) is 23.5 Å². The van der Waals surface area contributed by atoms with Gasteiger partial charge in [-0.05, 0) is 95.5 Å². The molecule has 0 saturated heterocycles. The lowest BCUT2D eigenvalue weighted by atomic mass is 9.99. The summed E-state index contributed by atoms with van der Waals surface area (Å²) in [5.41, 5.74) is 3.80. The van der Waals surface area contributed by atoms with Gasteiger partial charge in [-0.3, -0.25) is 4.79 Å². The molecule has 0 saturated carbocycles. The number of rotatable bonds is 11. The van der Waals surface area contributed by atoms with Crippen molar-refractivity contribution in [2.24, 2.45) is 4.40 Å². The Morgan fingerprint density at radius 2 is 1.70 bits per heavy atom. The van der Waals surface area contributed by atoms with Crippen LogP contribution in [0, 0.1) is 0 Å². The van der Waals surface area contributed by atoms with E-state index < -0.39 is 33.4 Å². The summed E-state index contributed by atoms with van der Waals surface area (Å²) in [6, 6.07) is 18.2. The number of carboxylic acid groups (broad SMARTS) is 1. The second-order valence-electron chi connectivity index (χ2n) is 13.2. The van der Waals surface area contributed by atoms with E-state index in [4.69, 9.17) is 13.9 Å². The van der Waals surface area contributed by atoms with Crippen molar-refractivity contribution in [1.82, 2.24) is 10.0 Å². The van der Waals surface area contributed by atoms with Gasteiger partial charge in [-0.2, -0.15) is 17.5 Å². The van der Waals surface area contributed by atoms with Gasteiger partial charge < -0.3 is 24.3 Å². The number of ether oxygens (including phenoxy) is 2. The first-order valence-electron chi connectivity index (χ1n) is 15.0. The number of hydrogen-bond acceptors (Lipinski definition) is 7. The molecule has 4 rings (SSSR count). The van der Waals surface area contributed by atoms with E-state index >= 15 is 0 Å². The van der Waals surface area contributed by atoms with Crippen LogP contribution in [0.25, 0.3) is 22.1 Å². The van der Waals surface area contributed by atoms with Crippen LogP contribution >= 0.6 is 0 Å². The lowest BCUT2D eigenvalue weighted by Gasteiger charge is -2.19. The van der Waals surface area contributed by atoms with Crippen molar-refractivity contribution in [3.05, 3.63) is 89.2 Å². The van der Waals surface area contributed by atoms with Gasteiger partial charge in [0.15, 0.2) is 0 Å². The van der Waals surface area contributed by atoms with Crippen LogP contribution in [0.15, 0.2) is 75.7 Å². The molecule has 1 aromatic heterocycles. The normalized spacial score (nSPS) is 12.6. The molecule has 47 heavy (non-hydrogen) atoms. The Kier molecular flexibility index (Phi) is 10.5. The standard InChI is InChI=1S/C35H41N3O8S/c1-22(37-47(42,43)38-34(2,3)4)25-11-12-27(19-31(39)40)30(18-25)45-21-24-16-28-13-14-44-32(28)29(17-24)26-10-8-9-23(15-26)20-36-33(41)46-35(5,6)7/h8-18,38H,19-21H2,1-7H3,(H,36,41)(H,39,40). The molecule has 0 bridgehead atoms. The van der Waals surface area contributed by atoms with Crippen molar-refractivity contribution < 1.29 is 37.0 Å². The minimum absolute atomic E-state index is 0.0875. The number of benzene rings is 3. The molecule has 0 fully saturated rings. The van der Waals surface area contributed by atoms with E-state index in [0.29, 0.717) is 22.5 Å². The molecule has 3 aromatic carbocycles. The number of furan rings is 1. The van der Waals surface area contributed by atoms with Crippen molar-refractivity contribution in [1.29, 1.82) is 0 Å². The number of carbonyl (C=O) groups excluding carboxylic acids is 1. The average Bonchev–Trinajstić information content (AvgIpc) is 3.41. The van der Waals surface area contributed by atoms with E-state index in [1.807, 2.05) is 42.5 Å². The van der Waals surface area contributed by atoms with Gasteiger partial charge in [-0.15, -0.1) is 0 Å². The Morgan fingerprint density at radius 1 is 0.957 bits per heavy atom. The summed E-state index contributed by atoms with van der Waals surface area (Å²) in [6.45, 7) is 12.5. The number of alkyl carbamates (subject to hydrolysis) is 1. The van der Waals surface area contributed by atoms with E-state index in [1.54, 1.807) is 72.9 Å². The van der Waals surface area contributed by atoms with Crippen molar-refractivity contribution in [3.63, 3.8) is 0 Å². The number of fused-ring (bicyclic) bond motifs is 1. The summed E-state index contributed by atoms with van der Waals surface area (Å²) in [7, 11) is -3.98. The highest BCUT2D eigenvalue weighted by Gasteiger charge is 2.20. The summed E-state index contributed by atoms with van der Waals surface area (Å²) in [5, 5.41) is 13.1. The maximum absolute atomic E-state index is 12.6. The predicted molar refractivity (Wildman–Crippen MR) is 181 cm³/mol. The SMILES string of the molecule is CC(=NS(=O)(=O)NC(C)(C)C)c1ccc(CC(=O)O)c(OCc2cc(-c3cccc(CNC(=O)OC(C)(C)C)c3)c3occc3c2)c1. The lowest BCUT2D eigenvalue weighted by Crippen LogP contribution is -2.39. The van der Waals surface area contributed by atoms with Crippen LogP contribution in [0.1, 0.15) is 70.7 Å². The third kappa shape index (κ3) is 10.4. The third-order valence-corrected chi connectivity index (χ3v) is 7.98. The minimum atomic E-state index is -3.98. The molecule has 1 amide bonds. The zero-order chi connectivity index (χ0) is 34.6. The first-order valence-corrected chi connectivity index (χ1v) is 16.5. The number of amides is 1. The van der Waals surface area contributed by atoms with Crippen LogP contribution in [0.2, 0.25) is 0 Å². The lowest BCUT2D eigenvalue weighted by molar-refractivity contribution is -0.136. The zero-order valence-corrected chi connectivity index (χ0v) is 28.4. The number of aliphatic carboxylic acids is 1. The van der Waals surface area contributed by atoms with E-state index in [-0.39, 0.29) is 25.3 Å². The van der Waals surface area contributed by atoms with Crippen molar-refractivity contribution in [3.8, 4) is 16.9 Å². The molecule has 11 nitrogen and oxygen atoms in total. The van der Waals surface area contributed by atoms with Crippen molar-refractivity contribution in [2.75, 3.05) is 0 Å². The maximum Gasteiger partial charge on any atom is 0.407 e. The number of carboxylic acids is 1. The fraction of sp³-hybridized carbons (Fsp3) is 0.343. The minimum Gasteiger partial charge on any atom is -0.489 e. The zero-order valence-electron chi connectivity index (χ0n) is 27.6. The Hall–Kier alpha value is -4.68. The second-order valence-corrected chi connectivity index (χ2v) is 14.6. The molecule has 0 aliphatic heterocycles. The monoisotopic (exact) mass is 663 g/mol. The molecule has 0 aliphatic rings. The fourth-order valence-electron chi connectivity index (χ4n) is 4.81. The predicted octanol–water partition coefficient (Wildman–Crippen LogP) is 6.77. The average molecular weight is 664 g/mol. The molecule has 0 spiro atoms. The quantitative estimate of drug-likeness (QED) is 0.148. The number of carbonyl (C=O) groups is 2. The smallest absolute Gasteiger partial charge is 0.407 e. The van der Waals surface area contributed by atoms with E-state index in [2.05, 4.69) is 14.4 Å². The van der Waals surface area contributed by atoms with E-state index in [0.717, 1.165) is 27.6 Å². The molecule has 0 unspecified atom stereocenters. The van der Waals surface area contributed by atoms with Gasteiger partial charge in [-0.25, -0.2) is 4.79 Å². The molecule has 1 heterocycles. The van der Waals surface area contributed by atoms with Gasteiger partial charge in [0.25, 0.3) is 0 Å². The van der Waals surface area contributed by atoms with Crippen LogP contribution in [0.5, 0.6) is 5.75 Å². The molecule has 3 N–H and O–H groups in total. The Labute approximate surface area is 275 Å².